The van der Waals surface area contributed by atoms with Crippen molar-refractivity contribution in [2.24, 2.45) is 5.92 Å². The summed E-state index contributed by atoms with van der Waals surface area (Å²) >= 11 is 0. The van der Waals surface area contributed by atoms with Gasteiger partial charge in [-0.2, -0.15) is 0 Å². The van der Waals surface area contributed by atoms with Crippen LogP contribution >= 0.6 is 0 Å². The van der Waals surface area contributed by atoms with Crippen LogP contribution in [0.5, 0.6) is 0 Å². The molecule has 1 aliphatic carbocycles. The van der Waals surface area contributed by atoms with Crippen molar-refractivity contribution in [3.8, 4) is 0 Å². The van der Waals surface area contributed by atoms with E-state index in [0.717, 1.165) is 18.0 Å². The van der Waals surface area contributed by atoms with Gasteiger partial charge in [-0.25, -0.2) is 0 Å². The third-order valence-electron chi connectivity index (χ3n) is 5.40. The number of ether oxygens (including phenoxy) is 1. The van der Waals surface area contributed by atoms with Gasteiger partial charge >= 0.3 is 0 Å². The molecular formula is C17H33NO. The smallest absolute Gasteiger partial charge is 0.0845 e. The van der Waals surface area contributed by atoms with Crippen molar-refractivity contribution in [1.29, 1.82) is 0 Å². The Morgan fingerprint density at radius 2 is 1.47 bits per heavy atom. The van der Waals surface area contributed by atoms with Crippen LogP contribution in [0, 0.1) is 5.92 Å². The molecule has 1 aliphatic heterocycles. The molecule has 2 nitrogen and oxygen atoms in total. The molecule has 0 amide bonds. The summed E-state index contributed by atoms with van der Waals surface area (Å²) in [4.78, 5) is 2.84. The van der Waals surface area contributed by atoms with Crippen molar-refractivity contribution in [2.75, 3.05) is 6.54 Å². The van der Waals surface area contributed by atoms with Crippen molar-refractivity contribution >= 4 is 0 Å². The van der Waals surface area contributed by atoms with Gasteiger partial charge in [0.15, 0.2) is 0 Å². The first kappa shape index (κ1) is 15.3. The van der Waals surface area contributed by atoms with E-state index in [2.05, 4.69) is 32.6 Å². The highest BCUT2D eigenvalue weighted by atomic mass is 16.6. The van der Waals surface area contributed by atoms with E-state index in [-0.39, 0.29) is 0 Å². The predicted octanol–water partition coefficient (Wildman–Crippen LogP) is 4.23. The number of fused-ring (bicyclic) bond motifs is 1. The van der Waals surface area contributed by atoms with E-state index in [4.69, 9.17) is 4.74 Å². The molecule has 0 bridgehead atoms. The summed E-state index contributed by atoms with van der Waals surface area (Å²) in [7, 11) is 0. The zero-order valence-corrected chi connectivity index (χ0v) is 13.4. The Morgan fingerprint density at radius 3 is 1.95 bits per heavy atom. The van der Waals surface area contributed by atoms with Gasteiger partial charge in [0.2, 0.25) is 0 Å². The third-order valence-corrected chi connectivity index (χ3v) is 5.40. The second-order valence-corrected chi connectivity index (χ2v) is 6.53. The van der Waals surface area contributed by atoms with Gasteiger partial charge in [-0.15, -0.1) is 0 Å². The summed E-state index contributed by atoms with van der Waals surface area (Å²) in [6, 6.07) is 1.56. The van der Waals surface area contributed by atoms with Crippen molar-refractivity contribution in [3.05, 3.63) is 0 Å². The van der Waals surface area contributed by atoms with Crippen LogP contribution in [0.1, 0.15) is 72.6 Å². The maximum atomic E-state index is 5.70. The van der Waals surface area contributed by atoms with E-state index in [1.165, 1.54) is 51.5 Å². The van der Waals surface area contributed by atoms with Crippen LogP contribution in [0.25, 0.3) is 0 Å². The topological polar surface area (TPSA) is 15.8 Å². The highest BCUT2D eigenvalue weighted by Crippen LogP contribution is 2.40. The zero-order chi connectivity index (χ0) is 13.8. The minimum atomic E-state index is 0.629. The SMILES string of the molecule is CCC(CC)N(CC1CCC2OC2C1)C(CC)CC. The lowest BCUT2D eigenvalue weighted by Gasteiger charge is -2.39. The first-order valence-electron chi connectivity index (χ1n) is 8.64. The van der Waals surface area contributed by atoms with Gasteiger partial charge in [-0.1, -0.05) is 27.7 Å². The summed E-state index contributed by atoms with van der Waals surface area (Å²) in [6.45, 7) is 10.7. The summed E-state index contributed by atoms with van der Waals surface area (Å²) in [5.74, 6) is 0.880. The molecule has 1 saturated heterocycles. The molecular weight excluding hydrogens is 234 g/mol. The van der Waals surface area contributed by atoms with Crippen LogP contribution in [0.4, 0.5) is 0 Å². The summed E-state index contributed by atoms with van der Waals surface area (Å²) in [5, 5.41) is 0. The predicted molar refractivity (Wildman–Crippen MR) is 81.4 cm³/mol. The monoisotopic (exact) mass is 267 g/mol. The number of epoxide rings is 1. The molecule has 3 atom stereocenters. The fourth-order valence-corrected chi connectivity index (χ4v) is 4.06. The Bertz CT molecular complexity index is 248. The number of nitrogens with zero attached hydrogens (tertiary/aromatic N) is 1. The van der Waals surface area contributed by atoms with Gasteiger partial charge in [-0.05, 0) is 50.9 Å². The molecule has 0 radical (unpaired) electrons. The summed E-state index contributed by atoms with van der Waals surface area (Å²) < 4.78 is 5.70. The normalized spacial score (nSPS) is 30.2. The molecule has 2 fully saturated rings. The average Bonchev–Trinajstić information content (AvgIpc) is 3.19. The minimum Gasteiger partial charge on any atom is -0.370 e. The van der Waals surface area contributed by atoms with E-state index in [0.29, 0.717) is 12.2 Å². The molecule has 1 saturated carbocycles. The largest absolute Gasteiger partial charge is 0.370 e. The lowest BCUT2D eigenvalue weighted by atomic mass is 9.87. The van der Waals surface area contributed by atoms with E-state index in [9.17, 15) is 0 Å². The molecule has 0 N–H and O–H groups in total. The van der Waals surface area contributed by atoms with Crippen LogP contribution in [0.15, 0.2) is 0 Å². The van der Waals surface area contributed by atoms with Crippen molar-refractivity contribution < 1.29 is 4.74 Å². The second-order valence-electron chi connectivity index (χ2n) is 6.53. The molecule has 2 aliphatic rings. The average molecular weight is 267 g/mol. The molecule has 0 aromatic heterocycles. The molecule has 0 spiro atoms. The Balaban J connectivity index is 1.94. The molecule has 3 unspecified atom stereocenters. The molecule has 0 aromatic rings. The Labute approximate surface area is 119 Å². The van der Waals surface area contributed by atoms with Crippen LogP contribution in [0.3, 0.4) is 0 Å². The van der Waals surface area contributed by atoms with Gasteiger partial charge in [0.25, 0.3) is 0 Å². The maximum Gasteiger partial charge on any atom is 0.0845 e. The summed E-state index contributed by atoms with van der Waals surface area (Å²) in [6.07, 6.45) is 10.5. The maximum absolute atomic E-state index is 5.70. The van der Waals surface area contributed by atoms with Gasteiger partial charge < -0.3 is 4.74 Å². The van der Waals surface area contributed by atoms with Gasteiger partial charge in [0.1, 0.15) is 0 Å². The van der Waals surface area contributed by atoms with Gasteiger partial charge in [-0.3, -0.25) is 4.90 Å². The van der Waals surface area contributed by atoms with E-state index >= 15 is 0 Å². The molecule has 2 rings (SSSR count). The van der Waals surface area contributed by atoms with Gasteiger partial charge in [0.05, 0.1) is 12.2 Å². The minimum absolute atomic E-state index is 0.629. The molecule has 2 heteroatoms. The second kappa shape index (κ2) is 7.08. The van der Waals surface area contributed by atoms with Crippen LogP contribution in [0.2, 0.25) is 0 Å². The van der Waals surface area contributed by atoms with Crippen LogP contribution < -0.4 is 0 Å². The molecule has 1 heterocycles. The quantitative estimate of drug-likeness (QED) is 0.612. The molecule has 112 valence electrons. The fourth-order valence-electron chi connectivity index (χ4n) is 4.06. The number of rotatable bonds is 8. The lowest BCUT2D eigenvalue weighted by molar-refractivity contribution is 0.0888. The lowest BCUT2D eigenvalue weighted by Crippen LogP contribution is -2.45. The standard InChI is InChI=1S/C17H33NO/c1-5-14(6-2)18(15(7-3)8-4)12-13-9-10-16-17(11-13)19-16/h13-17H,5-12H2,1-4H3. The van der Waals surface area contributed by atoms with E-state index in [1.54, 1.807) is 0 Å². The van der Waals surface area contributed by atoms with Crippen molar-refractivity contribution in [3.63, 3.8) is 0 Å². The third kappa shape index (κ3) is 3.72. The van der Waals surface area contributed by atoms with Crippen molar-refractivity contribution in [2.45, 2.75) is 96.9 Å². The molecule has 0 aromatic carbocycles. The van der Waals surface area contributed by atoms with Crippen LogP contribution in [-0.2, 0) is 4.74 Å². The van der Waals surface area contributed by atoms with E-state index < -0.39 is 0 Å². The van der Waals surface area contributed by atoms with Crippen molar-refractivity contribution in [1.82, 2.24) is 4.90 Å². The molecule has 19 heavy (non-hydrogen) atoms. The highest BCUT2D eigenvalue weighted by molar-refractivity contribution is 4.93. The highest BCUT2D eigenvalue weighted by Gasteiger charge is 2.44. The number of hydrogen-bond acceptors (Lipinski definition) is 2. The Morgan fingerprint density at radius 1 is 0.895 bits per heavy atom. The summed E-state index contributed by atoms with van der Waals surface area (Å²) in [5.41, 5.74) is 0. The first-order valence-corrected chi connectivity index (χ1v) is 8.64. The Kier molecular flexibility index (Phi) is 5.70. The number of hydrogen-bond donors (Lipinski definition) is 0. The van der Waals surface area contributed by atoms with Crippen LogP contribution in [-0.4, -0.2) is 35.7 Å². The fraction of sp³-hybridized carbons (Fsp3) is 1.00. The van der Waals surface area contributed by atoms with E-state index in [1.807, 2.05) is 0 Å². The first-order chi connectivity index (χ1) is 9.23. The van der Waals surface area contributed by atoms with Gasteiger partial charge in [0, 0.05) is 18.6 Å². The zero-order valence-electron chi connectivity index (χ0n) is 13.4. The Hall–Kier alpha value is -0.0800.